The molecule has 0 aliphatic carbocycles. The molecule has 0 aliphatic rings. The van der Waals surface area contributed by atoms with Crippen LogP contribution in [0.5, 0.6) is 5.75 Å². The summed E-state index contributed by atoms with van der Waals surface area (Å²) in [6.07, 6.45) is 0.778. The van der Waals surface area contributed by atoms with Gasteiger partial charge in [-0.2, -0.15) is 0 Å². The van der Waals surface area contributed by atoms with E-state index < -0.39 is 10.8 Å². The highest BCUT2D eigenvalue weighted by Gasteiger charge is 2.10. The number of nitrogens with zero attached hydrogens (tertiary/aromatic N) is 1. The summed E-state index contributed by atoms with van der Waals surface area (Å²) in [5.41, 5.74) is 1.58. The van der Waals surface area contributed by atoms with E-state index in [1.165, 1.54) is 24.3 Å². The molecule has 0 radical (unpaired) electrons. The molecule has 0 aromatic heterocycles. The molecule has 2 N–H and O–H groups in total. The number of anilines is 1. The average molecular weight is 357 g/mol. The van der Waals surface area contributed by atoms with Crippen molar-refractivity contribution in [2.24, 2.45) is 0 Å². The number of benzene rings is 2. The molecule has 2 aromatic rings. The second-order valence-corrected chi connectivity index (χ2v) is 5.38. The minimum Gasteiger partial charge on any atom is -0.484 e. The van der Waals surface area contributed by atoms with Gasteiger partial charge in [-0.05, 0) is 24.1 Å². The third kappa shape index (κ3) is 5.59. The van der Waals surface area contributed by atoms with Crippen LogP contribution in [0.3, 0.4) is 0 Å². The number of ether oxygens (including phenoxy) is 1. The molecule has 0 atom stereocenters. The molecule has 26 heavy (non-hydrogen) atoms. The summed E-state index contributed by atoms with van der Waals surface area (Å²) in [5, 5.41) is 15.9. The van der Waals surface area contributed by atoms with E-state index in [0.29, 0.717) is 5.69 Å². The number of rotatable bonds is 8. The third-order valence-electron chi connectivity index (χ3n) is 3.52. The average Bonchev–Trinajstić information content (AvgIpc) is 2.65. The fourth-order valence-corrected chi connectivity index (χ4v) is 2.21. The number of non-ortho nitro benzene ring substituents is 1. The molecule has 136 valence electrons. The van der Waals surface area contributed by atoms with Crippen molar-refractivity contribution in [3.8, 4) is 5.75 Å². The van der Waals surface area contributed by atoms with E-state index in [4.69, 9.17) is 4.74 Å². The maximum absolute atomic E-state index is 11.9. The van der Waals surface area contributed by atoms with E-state index in [1.807, 2.05) is 25.1 Å². The van der Waals surface area contributed by atoms with Gasteiger partial charge in [0, 0.05) is 11.8 Å². The van der Waals surface area contributed by atoms with E-state index >= 15 is 0 Å². The molecule has 8 nitrogen and oxygen atoms in total. The van der Waals surface area contributed by atoms with Crippen LogP contribution in [0.2, 0.25) is 0 Å². The Morgan fingerprint density at radius 2 is 1.88 bits per heavy atom. The lowest BCUT2D eigenvalue weighted by atomic mass is 10.1. The van der Waals surface area contributed by atoms with Gasteiger partial charge in [0.2, 0.25) is 5.91 Å². The lowest BCUT2D eigenvalue weighted by Crippen LogP contribution is -2.35. The molecule has 2 amide bonds. The highest BCUT2D eigenvalue weighted by molar-refractivity contribution is 5.95. The van der Waals surface area contributed by atoms with E-state index in [0.717, 1.165) is 12.0 Å². The van der Waals surface area contributed by atoms with Gasteiger partial charge in [0.05, 0.1) is 17.5 Å². The van der Waals surface area contributed by atoms with Gasteiger partial charge < -0.3 is 15.4 Å². The summed E-state index contributed by atoms with van der Waals surface area (Å²) in [4.78, 5) is 33.8. The van der Waals surface area contributed by atoms with Crippen LogP contribution in [0.4, 0.5) is 11.4 Å². The molecule has 0 saturated heterocycles. The van der Waals surface area contributed by atoms with Crippen molar-refractivity contribution in [3.05, 3.63) is 64.2 Å². The lowest BCUT2D eigenvalue weighted by molar-refractivity contribution is -0.384. The zero-order valence-electron chi connectivity index (χ0n) is 14.2. The minimum absolute atomic E-state index is 0.128. The van der Waals surface area contributed by atoms with Crippen molar-refractivity contribution in [1.82, 2.24) is 5.32 Å². The lowest BCUT2D eigenvalue weighted by Gasteiger charge is -2.10. The van der Waals surface area contributed by atoms with Gasteiger partial charge in [0.1, 0.15) is 5.75 Å². The van der Waals surface area contributed by atoms with Gasteiger partial charge in [0.15, 0.2) is 6.61 Å². The molecule has 8 heteroatoms. The number of aryl methyl sites for hydroxylation is 1. The molecule has 0 fully saturated rings. The number of carbonyl (C=O) groups excluding carboxylic acids is 2. The number of amides is 2. The van der Waals surface area contributed by atoms with Crippen molar-refractivity contribution >= 4 is 23.2 Å². The zero-order chi connectivity index (χ0) is 18.9. The Bertz CT molecular complexity index is 807. The van der Waals surface area contributed by atoms with Crippen LogP contribution in [0.1, 0.15) is 12.5 Å². The molecular weight excluding hydrogens is 338 g/mol. The number of nitrogens with one attached hydrogen (secondary N) is 2. The largest absolute Gasteiger partial charge is 0.484 e. The monoisotopic (exact) mass is 357 g/mol. The molecule has 2 aromatic carbocycles. The van der Waals surface area contributed by atoms with E-state index in [-0.39, 0.29) is 30.5 Å². The molecule has 0 unspecified atom stereocenters. The van der Waals surface area contributed by atoms with Crippen LogP contribution in [0.25, 0.3) is 0 Å². The van der Waals surface area contributed by atoms with Crippen molar-refractivity contribution in [2.75, 3.05) is 18.5 Å². The molecule has 0 bridgehead atoms. The van der Waals surface area contributed by atoms with E-state index in [9.17, 15) is 19.7 Å². The minimum atomic E-state index is -0.550. The van der Waals surface area contributed by atoms with Crippen molar-refractivity contribution in [1.29, 1.82) is 0 Å². The first-order chi connectivity index (χ1) is 12.5. The fraction of sp³-hybridized carbons (Fsp3) is 0.222. The predicted octanol–water partition coefficient (Wildman–Crippen LogP) is 2.29. The first-order valence-corrected chi connectivity index (χ1v) is 8.01. The maximum Gasteiger partial charge on any atom is 0.273 e. The quantitative estimate of drug-likeness (QED) is 0.556. The van der Waals surface area contributed by atoms with Crippen molar-refractivity contribution < 1.29 is 19.2 Å². The zero-order valence-corrected chi connectivity index (χ0v) is 14.2. The first-order valence-electron chi connectivity index (χ1n) is 8.01. The topological polar surface area (TPSA) is 111 Å². The van der Waals surface area contributed by atoms with Crippen LogP contribution in [0.15, 0.2) is 48.5 Å². The Morgan fingerprint density at radius 1 is 1.12 bits per heavy atom. The number of carbonyl (C=O) groups is 2. The SMILES string of the molecule is CCc1ccccc1NC(=O)CNC(=O)COc1cccc([N+](=O)[O-])c1. The van der Waals surface area contributed by atoms with Gasteiger partial charge in [-0.3, -0.25) is 19.7 Å². The van der Waals surface area contributed by atoms with Crippen LogP contribution >= 0.6 is 0 Å². The predicted molar refractivity (Wildman–Crippen MR) is 96.1 cm³/mol. The summed E-state index contributed by atoms with van der Waals surface area (Å²) in [6.45, 7) is 1.44. The maximum atomic E-state index is 11.9. The van der Waals surface area contributed by atoms with Crippen LogP contribution in [-0.2, 0) is 16.0 Å². The summed E-state index contributed by atoms with van der Waals surface area (Å²) in [7, 11) is 0. The number of para-hydroxylation sites is 1. The van der Waals surface area contributed by atoms with Gasteiger partial charge in [-0.15, -0.1) is 0 Å². The Balaban J connectivity index is 1.78. The molecular formula is C18H19N3O5. The number of hydrogen-bond acceptors (Lipinski definition) is 5. The molecule has 0 aliphatic heterocycles. The fourth-order valence-electron chi connectivity index (χ4n) is 2.21. The van der Waals surface area contributed by atoms with Gasteiger partial charge >= 0.3 is 0 Å². The number of nitro groups is 1. The summed E-state index contributed by atoms with van der Waals surface area (Å²) in [6, 6.07) is 12.9. The van der Waals surface area contributed by atoms with Crippen molar-refractivity contribution in [3.63, 3.8) is 0 Å². The highest BCUT2D eigenvalue weighted by atomic mass is 16.6. The van der Waals surface area contributed by atoms with Crippen LogP contribution < -0.4 is 15.4 Å². The third-order valence-corrected chi connectivity index (χ3v) is 3.52. The van der Waals surface area contributed by atoms with Crippen molar-refractivity contribution in [2.45, 2.75) is 13.3 Å². The Labute approximate surface area is 150 Å². The van der Waals surface area contributed by atoms with Gasteiger partial charge in [-0.25, -0.2) is 0 Å². The normalized spacial score (nSPS) is 10.0. The molecule has 0 spiro atoms. The Kier molecular flexibility index (Phi) is 6.67. The summed E-state index contributed by atoms with van der Waals surface area (Å²) >= 11 is 0. The standard InChI is InChI=1S/C18H19N3O5/c1-2-13-6-3-4-9-16(13)20-17(22)11-19-18(23)12-26-15-8-5-7-14(10-15)21(24)25/h3-10H,2,11-12H2,1H3,(H,19,23)(H,20,22). The molecule has 0 heterocycles. The number of nitro benzene ring substituents is 1. The summed E-state index contributed by atoms with van der Waals surface area (Å²) < 4.78 is 5.20. The Morgan fingerprint density at radius 3 is 2.62 bits per heavy atom. The number of hydrogen-bond donors (Lipinski definition) is 2. The first kappa shape index (κ1) is 18.9. The Hall–Kier alpha value is -3.42. The van der Waals surface area contributed by atoms with E-state index in [2.05, 4.69) is 10.6 Å². The van der Waals surface area contributed by atoms with Gasteiger partial charge in [0.25, 0.3) is 11.6 Å². The second-order valence-electron chi connectivity index (χ2n) is 5.38. The van der Waals surface area contributed by atoms with E-state index in [1.54, 1.807) is 6.07 Å². The summed E-state index contributed by atoms with van der Waals surface area (Å²) in [5.74, 6) is -0.652. The molecule has 2 rings (SSSR count). The van der Waals surface area contributed by atoms with Crippen LogP contribution in [0, 0.1) is 10.1 Å². The molecule has 0 saturated carbocycles. The van der Waals surface area contributed by atoms with Gasteiger partial charge in [-0.1, -0.05) is 31.2 Å². The second kappa shape index (κ2) is 9.16. The highest BCUT2D eigenvalue weighted by Crippen LogP contribution is 2.19. The smallest absolute Gasteiger partial charge is 0.273 e. The van der Waals surface area contributed by atoms with Crippen LogP contribution in [-0.4, -0.2) is 29.9 Å².